The smallest absolute Gasteiger partial charge is 0.349 e. The minimum Gasteiger partial charge on any atom is -0.481 e. The van der Waals surface area contributed by atoms with Gasteiger partial charge in [0.1, 0.15) is 11.5 Å². The number of hydrogen-bond acceptors (Lipinski definition) is 5. The maximum atomic E-state index is 12.0. The summed E-state index contributed by atoms with van der Waals surface area (Å²) in [5.74, 6) is -3.96. The van der Waals surface area contributed by atoms with Gasteiger partial charge in [0, 0.05) is 5.57 Å². The Morgan fingerprint density at radius 2 is 1.86 bits per heavy atom. The molecule has 2 atom stereocenters. The molecule has 1 rings (SSSR count). The first-order valence-corrected chi connectivity index (χ1v) is 7.11. The summed E-state index contributed by atoms with van der Waals surface area (Å²) in [6, 6.07) is 0. The highest BCUT2D eigenvalue weighted by molar-refractivity contribution is 5.93. The van der Waals surface area contributed by atoms with Crippen molar-refractivity contribution < 1.29 is 29.0 Å². The summed E-state index contributed by atoms with van der Waals surface area (Å²) in [6.07, 6.45) is 0.760. The van der Waals surface area contributed by atoms with Gasteiger partial charge in [-0.2, -0.15) is 0 Å². The molecule has 6 nitrogen and oxygen atoms in total. The highest BCUT2D eigenvalue weighted by Gasteiger charge is 2.60. The third kappa shape index (κ3) is 3.43. The van der Waals surface area contributed by atoms with E-state index in [0.29, 0.717) is 25.7 Å². The van der Waals surface area contributed by atoms with Crippen LogP contribution in [0.25, 0.3) is 0 Å². The van der Waals surface area contributed by atoms with Crippen LogP contribution in [0.5, 0.6) is 0 Å². The van der Waals surface area contributed by atoms with Gasteiger partial charge in [-0.1, -0.05) is 33.3 Å². The van der Waals surface area contributed by atoms with Gasteiger partial charge >= 0.3 is 17.9 Å². The van der Waals surface area contributed by atoms with Gasteiger partial charge in [-0.3, -0.25) is 4.79 Å². The largest absolute Gasteiger partial charge is 0.481 e. The fourth-order valence-corrected chi connectivity index (χ4v) is 2.80. The van der Waals surface area contributed by atoms with E-state index >= 15 is 0 Å². The van der Waals surface area contributed by atoms with Crippen LogP contribution in [0.3, 0.4) is 0 Å². The molecule has 1 N–H and O–H groups in total. The first-order chi connectivity index (χ1) is 9.79. The fourth-order valence-electron chi connectivity index (χ4n) is 2.80. The first-order valence-electron chi connectivity index (χ1n) is 7.11. The van der Waals surface area contributed by atoms with E-state index in [-0.39, 0.29) is 5.57 Å². The van der Waals surface area contributed by atoms with Crippen LogP contribution in [0.4, 0.5) is 0 Å². The summed E-state index contributed by atoms with van der Waals surface area (Å²) < 4.78 is 10.4. The van der Waals surface area contributed by atoms with Gasteiger partial charge in [0.25, 0.3) is 0 Å². The minimum absolute atomic E-state index is 0.107. The highest BCUT2D eigenvalue weighted by Crippen LogP contribution is 2.42. The molecule has 0 radical (unpaired) electrons. The van der Waals surface area contributed by atoms with Crippen molar-refractivity contribution in [3.05, 3.63) is 12.2 Å². The van der Waals surface area contributed by atoms with Gasteiger partial charge in [0.15, 0.2) is 0 Å². The van der Waals surface area contributed by atoms with Gasteiger partial charge in [-0.05, 0) is 19.8 Å². The predicted octanol–water partition coefficient (Wildman–Crippen LogP) is 2.07. The van der Waals surface area contributed by atoms with Crippen LogP contribution in [-0.2, 0) is 23.9 Å². The minimum atomic E-state index is -1.41. The molecule has 6 heteroatoms. The Bertz CT molecular complexity index is 447. The van der Waals surface area contributed by atoms with Gasteiger partial charge in [0.05, 0.1) is 0 Å². The zero-order valence-electron chi connectivity index (χ0n) is 12.7. The highest BCUT2D eigenvalue weighted by atomic mass is 16.6. The third-order valence-electron chi connectivity index (χ3n) is 3.60. The summed E-state index contributed by atoms with van der Waals surface area (Å²) >= 11 is 0. The number of carboxylic acids is 1. The lowest BCUT2D eigenvalue weighted by Crippen LogP contribution is -2.44. The molecular formula is C15H22O6. The number of rotatable bonds is 7. The second-order valence-electron chi connectivity index (χ2n) is 5.41. The van der Waals surface area contributed by atoms with Crippen LogP contribution in [0.15, 0.2) is 12.2 Å². The lowest BCUT2D eigenvalue weighted by Gasteiger charge is -2.31. The first kappa shape index (κ1) is 17.2. The summed E-state index contributed by atoms with van der Waals surface area (Å²) in [5.41, 5.74) is -0.998. The maximum Gasteiger partial charge on any atom is 0.349 e. The topological polar surface area (TPSA) is 89.9 Å². The van der Waals surface area contributed by atoms with Crippen molar-refractivity contribution in [1.29, 1.82) is 0 Å². The molecule has 0 aromatic rings. The Hall–Kier alpha value is -1.85. The van der Waals surface area contributed by atoms with Crippen molar-refractivity contribution in [2.75, 3.05) is 0 Å². The molecule has 1 aliphatic heterocycles. The molecule has 2 unspecified atom stereocenters. The van der Waals surface area contributed by atoms with E-state index in [2.05, 4.69) is 6.58 Å². The Balaban J connectivity index is 3.14. The van der Waals surface area contributed by atoms with Crippen molar-refractivity contribution in [1.82, 2.24) is 0 Å². The number of cyclic esters (lactones) is 1. The molecule has 118 valence electrons. The van der Waals surface area contributed by atoms with E-state index in [9.17, 15) is 19.5 Å². The predicted molar refractivity (Wildman–Crippen MR) is 74.5 cm³/mol. The molecule has 0 amide bonds. The number of esters is 2. The van der Waals surface area contributed by atoms with Gasteiger partial charge in [-0.25, -0.2) is 9.59 Å². The summed E-state index contributed by atoms with van der Waals surface area (Å²) in [4.78, 5) is 35.3. The second-order valence-corrected chi connectivity index (χ2v) is 5.41. The van der Waals surface area contributed by atoms with Gasteiger partial charge < -0.3 is 14.6 Å². The molecule has 0 spiro atoms. The second kappa shape index (κ2) is 6.74. The number of aliphatic carboxylic acids is 1. The molecule has 0 saturated carbocycles. The molecule has 1 saturated heterocycles. The van der Waals surface area contributed by atoms with E-state index < -0.39 is 35.5 Å². The average molecular weight is 298 g/mol. The summed E-state index contributed by atoms with van der Waals surface area (Å²) in [6.45, 7) is 8.63. The monoisotopic (exact) mass is 298 g/mol. The number of ether oxygens (including phenoxy) is 2. The van der Waals surface area contributed by atoms with Crippen molar-refractivity contribution in [3.8, 4) is 0 Å². The molecule has 0 aromatic carbocycles. The lowest BCUT2D eigenvalue weighted by molar-refractivity contribution is -0.161. The molecular weight excluding hydrogens is 276 g/mol. The van der Waals surface area contributed by atoms with E-state index in [1.54, 1.807) is 0 Å². The van der Waals surface area contributed by atoms with Crippen molar-refractivity contribution in [3.63, 3.8) is 0 Å². The molecule has 1 fully saturated rings. The van der Waals surface area contributed by atoms with Crippen molar-refractivity contribution in [2.24, 2.45) is 5.92 Å². The number of carbonyl (C=O) groups is 3. The quantitative estimate of drug-likeness (QED) is 0.571. The standard InChI is InChI=1S/C15H22O6/c1-5-7-15(8-6-2)10(12(16)17)11(14(19)21-15)20-13(18)9(3)4/h10-11H,3,5-8H2,1-2,4H3,(H,16,17). The van der Waals surface area contributed by atoms with Crippen molar-refractivity contribution >= 4 is 17.9 Å². The van der Waals surface area contributed by atoms with Crippen LogP contribution >= 0.6 is 0 Å². The molecule has 1 aliphatic rings. The van der Waals surface area contributed by atoms with E-state index in [1.165, 1.54) is 6.92 Å². The van der Waals surface area contributed by atoms with E-state index in [4.69, 9.17) is 9.47 Å². The molecule has 1 heterocycles. The third-order valence-corrected chi connectivity index (χ3v) is 3.60. The van der Waals surface area contributed by atoms with Gasteiger partial charge in [-0.15, -0.1) is 0 Å². The van der Waals surface area contributed by atoms with E-state index in [1.807, 2.05) is 13.8 Å². The van der Waals surface area contributed by atoms with Crippen LogP contribution < -0.4 is 0 Å². The SMILES string of the molecule is C=C(C)C(=O)OC1C(=O)OC(CCC)(CCC)C1C(=O)O. The number of carboxylic acid groups (broad SMARTS) is 1. The average Bonchev–Trinajstić information content (AvgIpc) is 2.62. The van der Waals surface area contributed by atoms with Crippen LogP contribution in [0, 0.1) is 5.92 Å². The Morgan fingerprint density at radius 1 is 1.33 bits per heavy atom. The Kier molecular flexibility index (Phi) is 5.52. The van der Waals surface area contributed by atoms with Gasteiger partial charge in [0.2, 0.25) is 6.10 Å². The van der Waals surface area contributed by atoms with Crippen molar-refractivity contribution in [2.45, 2.75) is 58.2 Å². The normalized spacial score (nSPS) is 23.5. The molecule has 21 heavy (non-hydrogen) atoms. The summed E-state index contributed by atoms with van der Waals surface area (Å²) in [5, 5.41) is 9.50. The molecule has 0 aliphatic carbocycles. The summed E-state index contributed by atoms with van der Waals surface area (Å²) in [7, 11) is 0. The Labute approximate surface area is 124 Å². The van der Waals surface area contributed by atoms with Crippen LogP contribution in [0.2, 0.25) is 0 Å². The molecule has 0 bridgehead atoms. The maximum absolute atomic E-state index is 12.0. The zero-order valence-corrected chi connectivity index (χ0v) is 12.7. The zero-order chi connectivity index (χ0) is 16.2. The van der Waals surface area contributed by atoms with Crippen LogP contribution in [-0.4, -0.2) is 34.7 Å². The van der Waals surface area contributed by atoms with E-state index in [0.717, 1.165) is 0 Å². The Morgan fingerprint density at radius 3 is 2.24 bits per heavy atom. The lowest BCUT2D eigenvalue weighted by atomic mass is 9.79. The number of carbonyl (C=O) groups excluding carboxylic acids is 2. The van der Waals surface area contributed by atoms with Crippen LogP contribution in [0.1, 0.15) is 46.5 Å². The fraction of sp³-hybridized carbons (Fsp3) is 0.667. The molecule has 0 aromatic heterocycles. The number of hydrogen-bond donors (Lipinski definition) is 1.